The Labute approximate surface area is 96.2 Å². The van der Waals surface area contributed by atoms with Crippen molar-refractivity contribution in [2.75, 3.05) is 0 Å². The molecule has 5 nitrogen and oxygen atoms in total. The van der Waals surface area contributed by atoms with Crippen LogP contribution in [-0.4, -0.2) is 14.9 Å². The lowest BCUT2D eigenvalue weighted by atomic mass is 10.1. The van der Waals surface area contributed by atoms with Crippen LogP contribution in [0.5, 0.6) is 0 Å². The van der Waals surface area contributed by atoms with Gasteiger partial charge in [-0.25, -0.2) is 0 Å². The molecule has 0 fully saturated rings. The molecule has 0 saturated carbocycles. The Morgan fingerprint density at radius 3 is 2.88 bits per heavy atom. The zero-order chi connectivity index (χ0) is 12.0. The zero-order valence-corrected chi connectivity index (χ0v) is 9.10. The molecule has 17 heavy (non-hydrogen) atoms. The fourth-order valence-corrected chi connectivity index (χ4v) is 2.06. The summed E-state index contributed by atoms with van der Waals surface area (Å²) in [6.07, 6.45) is 1.71. The summed E-state index contributed by atoms with van der Waals surface area (Å²) in [6, 6.07) is 6.69. The minimum Gasteiger partial charge on any atom is -0.353 e. The van der Waals surface area contributed by atoms with Crippen LogP contribution < -0.4 is 0 Å². The SMILES string of the molecule is Cc1nccc2c1[nH]c1ccc([N+](=O)[O-])cc12. The molecule has 5 heteroatoms. The topological polar surface area (TPSA) is 71.8 Å². The van der Waals surface area contributed by atoms with Crippen molar-refractivity contribution < 1.29 is 4.92 Å². The number of non-ortho nitro benzene ring substituents is 1. The van der Waals surface area contributed by atoms with Crippen molar-refractivity contribution in [3.05, 3.63) is 46.3 Å². The zero-order valence-electron chi connectivity index (χ0n) is 9.10. The average Bonchev–Trinajstić information content (AvgIpc) is 2.68. The molecule has 0 saturated heterocycles. The number of aromatic nitrogens is 2. The lowest BCUT2D eigenvalue weighted by Gasteiger charge is -1.93. The summed E-state index contributed by atoms with van der Waals surface area (Å²) in [5, 5.41) is 12.6. The van der Waals surface area contributed by atoms with Crippen molar-refractivity contribution in [1.82, 2.24) is 9.97 Å². The minimum absolute atomic E-state index is 0.105. The minimum atomic E-state index is -0.383. The number of benzene rings is 1. The number of nitrogens with zero attached hydrogens (tertiary/aromatic N) is 2. The first-order valence-corrected chi connectivity index (χ1v) is 5.18. The first kappa shape index (κ1) is 9.77. The van der Waals surface area contributed by atoms with Crippen LogP contribution in [0.2, 0.25) is 0 Å². The van der Waals surface area contributed by atoms with Crippen molar-refractivity contribution in [2.24, 2.45) is 0 Å². The molecule has 3 rings (SSSR count). The van der Waals surface area contributed by atoms with Crippen LogP contribution in [0.4, 0.5) is 5.69 Å². The van der Waals surface area contributed by atoms with Gasteiger partial charge in [-0.05, 0) is 19.1 Å². The van der Waals surface area contributed by atoms with Crippen molar-refractivity contribution in [1.29, 1.82) is 0 Å². The molecular formula is C12H9N3O2. The van der Waals surface area contributed by atoms with Crippen molar-refractivity contribution in [2.45, 2.75) is 6.92 Å². The van der Waals surface area contributed by atoms with E-state index in [2.05, 4.69) is 9.97 Å². The molecule has 0 spiro atoms. The van der Waals surface area contributed by atoms with Crippen molar-refractivity contribution in [3.8, 4) is 0 Å². The van der Waals surface area contributed by atoms with Crippen LogP contribution in [0.3, 0.4) is 0 Å². The lowest BCUT2D eigenvalue weighted by Crippen LogP contribution is -1.86. The molecular weight excluding hydrogens is 218 g/mol. The van der Waals surface area contributed by atoms with Gasteiger partial charge in [0.15, 0.2) is 0 Å². The number of aryl methyl sites for hydroxylation is 1. The summed E-state index contributed by atoms with van der Waals surface area (Å²) in [4.78, 5) is 17.8. The van der Waals surface area contributed by atoms with E-state index in [0.29, 0.717) is 0 Å². The van der Waals surface area contributed by atoms with Crippen LogP contribution in [0.25, 0.3) is 21.8 Å². The van der Waals surface area contributed by atoms with E-state index in [1.807, 2.05) is 13.0 Å². The number of nitro benzene ring substituents is 1. The molecule has 2 heterocycles. The molecule has 3 aromatic rings. The first-order chi connectivity index (χ1) is 8.16. The van der Waals surface area contributed by atoms with Gasteiger partial charge in [0.1, 0.15) is 0 Å². The highest BCUT2D eigenvalue weighted by molar-refractivity contribution is 6.08. The van der Waals surface area contributed by atoms with Crippen LogP contribution in [0, 0.1) is 17.0 Å². The Morgan fingerprint density at radius 2 is 2.12 bits per heavy atom. The summed E-state index contributed by atoms with van der Waals surface area (Å²) in [6.45, 7) is 1.91. The predicted octanol–water partition coefficient (Wildman–Crippen LogP) is 2.93. The third-order valence-electron chi connectivity index (χ3n) is 2.90. The molecule has 2 aromatic heterocycles. The summed E-state index contributed by atoms with van der Waals surface area (Å²) in [5.74, 6) is 0. The van der Waals surface area contributed by atoms with Crippen LogP contribution in [-0.2, 0) is 0 Å². The Bertz CT molecular complexity index is 746. The Hall–Kier alpha value is -2.43. The lowest BCUT2D eigenvalue weighted by molar-refractivity contribution is -0.384. The summed E-state index contributed by atoms with van der Waals surface area (Å²) >= 11 is 0. The molecule has 0 aliphatic heterocycles. The van der Waals surface area contributed by atoms with Crippen LogP contribution in [0.15, 0.2) is 30.5 Å². The molecule has 0 amide bonds. The molecule has 0 unspecified atom stereocenters. The average molecular weight is 227 g/mol. The highest BCUT2D eigenvalue weighted by atomic mass is 16.6. The van der Waals surface area contributed by atoms with E-state index in [1.54, 1.807) is 18.3 Å². The third-order valence-corrected chi connectivity index (χ3v) is 2.90. The van der Waals surface area contributed by atoms with Crippen LogP contribution >= 0.6 is 0 Å². The van der Waals surface area contributed by atoms with E-state index in [9.17, 15) is 10.1 Å². The quantitative estimate of drug-likeness (QED) is 0.513. The second kappa shape index (κ2) is 3.28. The maximum absolute atomic E-state index is 10.8. The van der Waals surface area contributed by atoms with Gasteiger partial charge < -0.3 is 4.98 Å². The molecule has 1 aromatic carbocycles. The monoisotopic (exact) mass is 227 g/mol. The second-order valence-electron chi connectivity index (χ2n) is 3.93. The van der Waals surface area contributed by atoms with Gasteiger partial charge in [-0.15, -0.1) is 0 Å². The number of hydrogen-bond donors (Lipinski definition) is 1. The van der Waals surface area contributed by atoms with Crippen molar-refractivity contribution in [3.63, 3.8) is 0 Å². The van der Waals surface area contributed by atoms with E-state index in [0.717, 1.165) is 27.5 Å². The highest BCUT2D eigenvalue weighted by Crippen LogP contribution is 2.29. The fraction of sp³-hybridized carbons (Fsp3) is 0.0833. The van der Waals surface area contributed by atoms with Gasteiger partial charge >= 0.3 is 0 Å². The number of nitrogens with one attached hydrogen (secondary N) is 1. The van der Waals surface area contributed by atoms with E-state index in [4.69, 9.17) is 0 Å². The number of aromatic amines is 1. The maximum atomic E-state index is 10.8. The van der Waals surface area contributed by atoms with E-state index < -0.39 is 0 Å². The van der Waals surface area contributed by atoms with Gasteiger partial charge in [-0.2, -0.15) is 0 Å². The van der Waals surface area contributed by atoms with E-state index in [-0.39, 0.29) is 10.6 Å². The van der Waals surface area contributed by atoms with Gasteiger partial charge in [0, 0.05) is 34.6 Å². The number of H-pyrrole nitrogens is 1. The molecule has 84 valence electrons. The predicted molar refractivity (Wildman–Crippen MR) is 65.0 cm³/mol. The summed E-state index contributed by atoms with van der Waals surface area (Å²) < 4.78 is 0. The van der Waals surface area contributed by atoms with Crippen LogP contribution in [0.1, 0.15) is 5.69 Å². The summed E-state index contributed by atoms with van der Waals surface area (Å²) in [5.41, 5.74) is 2.82. The molecule has 0 atom stereocenters. The van der Waals surface area contributed by atoms with Gasteiger partial charge in [0.2, 0.25) is 0 Å². The molecule has 0 bridgehead atoms. The molecule has 0 aliphatic rings. The van der Waals surface area contributed by atoms with E-state index >= 15 is 0 Å². The highest BCUT2D eigenvalue weighted by Gasteiger charge is 2.11. The Balaban J connectivity index is 2.46. The number of fused-ring (bicyclic) bond motifs is 3. The van der Waals surface area contributed by atoms with Gasteiger partial charge in [-0.3, -0.25) is 15.1 Å². The molecule has 0 radical (unpaired) electrons. The maximum Gasteiger partial charge on any atom is 0.270 e. The fourth-order valence-electron chi connectivity index (χ4n) is 2.06. The van der Waals surface area contributed by atoms with Gasteiger partial charge in [0.05, 0.1) is 16.1 Å². The number of rotatable bonds is 1. The van der Waals surface area contributed by atoms with Crippen molar-refractivity contribution >= 4 is 27.5 Å². The second-order valence-corrected chi connectivity index (χ2v) is 3.93. The molecule has 0 aliphatic carbocycles. The van der Waals surface area contributed by atoms with Gasteiger partial charge in [0.25, 0.3) is 5.69 Å². The normalized spacial score (nSPS) is 11.1. The number of hydrogen-bond acceptors (Lipinski definition) is 3. The molecule has 1 N–H and O–H groups in total. The third kappa shape index (κ3) is 1.36. The first-order valence-electron chi connectivity index (χ1n) is 5.18. The smallest absolute Gasteiger partial charge is 0.270 e. The van der Waals surface area contributed by atoms with Gasteiger partial charge in [-0.1, -0.05) is 0 Å². The van der Waals surface area contributed by atoms with E-state index in [1.165, 1.54) is 6.07 Å². The number of nitro groups is 1. The Kier molecular flexibility index (Phi) is 1.89. The number of pyridine rings is 1. The summed E-state index contributed by atoms with van der Waals surface area (Å²) in [7, 11) is 0. The Morgan fingerprint density at radius 1 is 1.29 bits per heavy atom. The standard InChI is InChI=1S/C12H9N3O2/c1-7-12-9(4-5-13-7)10-6-8(15(16)17)2-3-11(10)14-12/h2-6,14H,1H3. The largest absolute Gasteiger partial charge is 0.353 e.